The third-order valence-electron chi connectivity index (χ3n) is 2.11. The van der Waals surface area contributed by atoms with E-state index >= 15 is 0 Å². The molecule has 0 spiro atoms. The van der Waals surface area contributed by atoms with Gasteiger partial charge in [0.2, 0.25) is 0 Å². The Balaban J connectivity index is 3.69. The molecule has 0 fully saturated rings. The summed E-state index contributed by atoms with van der Waals surface area (Å²) < 4.78 is 0. The quantitative estimate of drug-likeness (QED) is 0.621. The van der Waals surface area contributed by atoms with Crippen molar-refractivity contribution in [2.24, 2.45) is 0 Å². The first-order valence-corrected chi connectivity index (χ1v) is 4.22. The maximum atomic E-state index is 3.86. The Morgan fingerprint density at radius 2 is 2.00 bits per heavy atom. The molecule has 0 saturated heterocycles. The molecular formula is C9H20N. The molecular weight excluding hydrogens is 122 g/mol. The van der Waals surface area contributed by atoms with E-state index in [1.54, 1.807) is 0 Å². The van der Waals surface area contributed by atoms with E-state index in [2.05, 4.69) is 33.0 Å². The summed E-state index contributed by atoms with van der Waals surface area (Å²) in [6.07, 6.45) is 3.39. The predicted molar refractivity (Wildman–Crippen MR) is 47.0 cm³/mol. The van der Waals surface area contributed by atoms with Crippen LogP contribution in [0.25, 0.3) is 0 Å². The Labute approximate surface area is 65.2 Å². The van der Waals surface area contributed by atoms with E-state index in [9.17, 15) is 0 Å². The Hall–Kier alpha value is -0.0400. The average Bonchev–Trinajstić information content (AvgIpc) is 1.89. The zero-order valence-corrected chi connectivity index (χ0v) is 7.54. The summed E-state index contributed by atoms with van der Waals surface area (Å²) in [4.78, 5) is 0. The number of hydrogen-bond acceptors (Lipinski definition) is 1. The monoisotopic (exact) mass is 142 g/mol. The molecule has 0 aliphatic rings. The Kier molecular flexibility index (Phi) is 4.71. The van der Waals surface area contributed by atoms with Crippen molar-refractivity contribution in [3.63, 3.8) is 0 Å². The summed E-state index contributed by atoms with van der Waals surface area (Å²) in [5.41, 5.74) is 0.330. The molecule has 1 heteroatoms. The van der Waals surface area contributed by atoms with Crippen LogP contribution in [0.2, 0.25) is 0 Å². The minimum absolute atomic E-state index is 0.330. The minimum Gasteiger partial charge on any atom is -0.312 e. The largest absolute Gasteiger partial charge is 0.312 e. The summed E-state index contributed by atoms with van der Waals surface area (Å²) in [6, 6.07) is 0. The molecule has 0 aromatic rings. The zero-order chi connectivity index (χ0) is 8.04. The van der Waals surface area contributed by atoms with E-state index in [1.165, 1.54) is 12.8 Å². The van der Waals surface area contributed by atoms with Crippen LogP contribution in [0.5, 0.6) is 0 Å². The van der Waals surface area contributed by atoms with Crippen LogP contribution in [-0.2, 0) is 0 Å². The van der Waals surface area contributed by atoms with Crippen LogP contribution >= 0.6 is 0 Å². The Morgan fingerprint density at radius 1 is 1.40 bits per heavy atom. The number of nitrogens with one attached hydrogen (secondary N) is 1. The molecule has 1 atom stereocenters. The predicted octanol–water partition coefficient (Wildman–Crippen LogP) is 2.38. The van der Waals surface area contributed by atoms with Crippen LogP contribution < -0.4 is 5.32 Å². The molecule has 61 valence electrons. The van der Waals surface area contributed by atoms with Crippen LogP contribution in [0, 0.1) is 6.92 Å². The maximum absolute atomic E-state index is 3.86. The van der Waals surface area contributed by atoms with E-state index in [1.807, 2.05) is 0 Å². The zero-order valence-electron chi connectivity index (χ0n) is 7.54. The van der Waals surface area contributed by atoms with E-state index in [4.69, 9.17) is 0 Å². The lowest BCUT2D eigenvalue weighted by Crippen LogP contribution is -2.41. The normalized spacial score (nSPS) is 16.8. The van der Waals surface area contributed by atoms with E-state index in [0.29, 0.717) is 5.54 Å². The lowest BCUT2D eigenvalue weighted by atomic mass is 9.93. The molecule has 10 heavy (non-hydrogen) atoms. The van der Waals surface area contributed by atoms with Crippen LogP contribution in [0.15, 0.2) is 0 Å². The van der Waals surface area contributed by atoms with Crippen molar-refractivity contribution in [1.82, 2.24) is 5.32 Å². The highest BCUT2D eigenvalue weighted by Gasteiger charge is 2.17. The molecule has 0 amide bonds. The van der Waals surface area contributed by atoms with Crippen molar-refractivity contribution in [3.05, 3.63) is 6.92 Å². The summed E-state index contributed by atoms with van der Waals surface area (Å²) in [6.45, 7) is 11.6. The van der Waals surface area contributed by atoms with Crippen molar-refractivity contribution < 1.29 is 0 Å². The number of hydrogen-bond donors (Lipinski definition) is 1. The standard InChI is InChI=1S/C9H20N/c1-5-8-9(4,6-2)10-7-3/h10H,1,5-8H2,2-4H3. The SMILES string of the molecule is [CH2]CCC(C)(CC)NCC. The van der Waals surface area contributed by atoms with Gasteiger partial charge in [-0.3, -0.25) is 0 Å². The summed E-state index contributed by atoms with van der Waals surface area (Å²) in [7, 11) is 0. The van der Waals surface area contributed by atoms with E-state index < -0.39 is 0 Å². The highest BCUT2D eigenvalue weighted by molar-refractivity contribution is 4.80. The lowest BCUT2D eigenvalue weighted by molar-refractivity contribution is 0.329. The molecule has 0 aliphatic heterocycles. The van der Waals surface area contributed by atoms with Crippen LogP contribution in [-0.4, -0.2) is 12.1 Å². The number of rotatable bonds is 5. The van der Waals surface area contributed by atoms with Crippen LogP contribution in [0.1, 0.15) is 40.0 Å². The molecule has 0 heterocycles. The smallest absolute Gasteiger partial charge is 0.0150 e. The van der Waals surface area contributed by atoms with Crippen molar-refractivity contribution in [2.45, 2.75) is 45.6 Å². The minimum atomic E-state index is 0.330. The van der Waals surface area contributed by atoms with Crippen molar-refractivity contribution in [1.29, 1.82) is 0 Å². The molecule has 0 rings (SSSR count). The third kappa shape index (κ3) is 3.21. The fourth-order valence-electron chi connectivity index (χ4n) is 1.21. The average molecular weight is 142 g/mol. The molecule has 1 unspecified atom stereocenters. The van der Waals surface area contributed by atoms with Gasteiger partial charge in [0, 0.05) is 5.54 Å². The summed E-state index contributed by atoms with van der Waals surface area (Å²) in [5.74, 6) is 0. The molecule has 1 radical (unpaired) electrons. The Morgan fingerprint density at radius 3 is 2.30 bits per heavy atom. The Bertz CT molecular complexity index is 72.8. The first kappa shape index (κ1) is 9.96. The van der Waals surface area contributed by atoms with Crippen LogP contribution in [0.3, 0.4) is 0 Å². The van der Waals surface area contributed by atoms with Gasteiger partial charge in [-0.2, -0.15) is 0 Å². The first-order chi connectivity index (χ1) is 4.68. The second kappa shape index (κ2) is 4.73. The van der Waals surface area contributed by atoms with Gasteiger partial charge >= 0.3 is 0 Å². The highest BCUT2D eigenvalue weighted by Crippen LogP contribution is 2.15. The van der Waals surface area contributed by atoms with Crippen LogP contribution in [0.4, 0.5) is 0 Å². The fraction of sp³-hybridized carbons (Fsp3) is 0.889. The van der Waals surface area contributed by atoms with Crippen molar-refractivity contribution in [2.75, 3.05) is 6.54 Å². The van der Waals surface area contributed by atoms with Gasteiger partial charge in [0.1, 0.15) is 0 Å². The molecule has 0 saturated carbocycles. The van der Waals surface area contributed by atoms with Crippen molar-refractivity contribution >= 4 is 0 Å². The lowest BCUT2D eigenvalue weighted by Gasteiger charge is -2.28. The fourth-order valence-corrected chi connectivity index (χ4v) is 1.21. The van der Waals surface area contributed by atoms with Gasteiger partial charge < -0.3 is 5.32 Å². The summed E-state index contributed by atoms with van der Waals surface area (Å²) >= 11 is 0. The molecule has 1 N–H and O–H groups in total. The van der Waals surface area contributed by atoms with Gasteiger partial charge in [0.15, 0.2) is 0 Å². The van der Waals surface area contributed by atoms with Gasteiger partial charge in [-0.1, -0.05) is 27.2 Å². The van der Waals surface area contributed by atoms with Gasteiger partial charge in [-0.15, -0.1) is 0 Å². The highest BCUT2D eigenvalue weighted by atomic mass is 14.9. The van der Waals surface area contributed by atoms with E-state index in [0.717, 1.165) is 13.0 Å². The molecule has 0 aromatic heterocycles. The topological polar surface area (TPSA) is 12.0 Å². The molecule has 1 nitrogen and oxygen atoms in total. The molecule has 0 aromatic carbocycles. The second-order valence-electron chi connectivity index (χ2n) is 3.05. The molecule has 0 bridgehead atoms. The van der Waals surface area contributed by atoms with Gasteiger partial charge in [-0.05, 0) is 26.3 Å². The van der Waals surface area contributed by atoms with E-state index in [-0.39, 0.29) is 0 Å². The van der Waals surface area contributed by atoms with Gasteiger partial charge in [0.25, 0.3) is 0 Å². The molecule has 0 aliphatic carbocycles. The first-order valence-electron chi connectivity index (χ1n) is 4.22. The van der Waals surface area contributed by atoms with Gasteiger partial charge in [0.05, 0.1) is 0 Å². The van der Waals surface area contributed by atoms with Gasteiger partial charge in [-0.25, -0.2) is 0 Å². The second-order valence-corrected chi connectivity index (χ2v) is 3.05. The maximum Gasteiger partial charge on any atom is 0.0150 e. The van der Waals surface area contributed by atoms with Crippen molar-refractivity contribution in [3.8, 4) is 0 Å². The third-order valence-corrected chi connectivity index (χ3v) is 2.11. The summed E-state index contributed by atoms with van der Waals surface area (Å²) in [5, 5.41) is 3.47.